The fraction of sp³-hybridized carbons (Fsp3) is 0.714. The molecule has 1 atom stereocenters. The van der Waals surface area contributed by atoms with Crippen molar-refractivity contribution in [2.45, 2.75) is 96.8 Å². The smallest absolute Gasteiger partial charge is 0.325 e. The lowest BCUT2D eigenvalue weighted by atomic mass is 9.94. The summed E-state index contributed by atoms with van der Waals surface area (Å²) in [6, 6.07) is 2.33. The van der Waals surface area contributed by atoms with Gasteiger partial charge in [0.05, 0.1) is 17.8 Å². The first kappa shape index (κ1) is 28.3. The third-order valence-corrected chi connectivity index (χ3v) is 7.10. The number of ether oxygens (including phenoxy) is 2. The van der Waals surface area contributed by atoms with Crippen LogP contribution in [-0.4, -0.2) is 71.0 Å². The van der Waals surface area contributed by atoms with Crippen molar-refractivity contribution in [2.24, 2.45) is 5.92 Å². The minimum Gasteiger partial charge on any atom is -0.508 e. The lowest BCUT2D eigenvalue weighted by molar-refractivity contribution is -0.154. The lowest BCUT2D eigenvalue weighted by Crippen LogP contribution is -2.48. The second-order valence-electron chi connectivity index (χ2n) is 11.5. The largest absolute Gasteiger partial charge is 0.508 e. The van der Waals surface area contributed by atoms with Crippen LogP contribution >= 0.6 is 0 Å². The summed E-state index contributed by atoms with van der Waals surface area (Å²) in [7, 11) is 0. The fourth-order valence-corrected chi connectivity index (χ4v) is 4.84. The number of likely N-dealkylation sites (tertiary alicyclic amines) is 1. The Bertz CT molecular complexity index is 896. The van der Waals surface area contributed by atoms with E-state index in [1.807, 2.05) is 34.6 Å². The van der Waals surface area contributed by atoms with Gasteiger partial charge in [0.1, 0.15) is 23.6 Å². The molecule has 0 aromatic heterocycles. The van der Waals surface area contributed by atoms with Crippen molar-refractivity contribution in [2.75, 3.05) is 26.2 Å². The summed E-state index contributed by atoms with van der Waals surface area (Å²) in [5.74, 6) is -0.331. The zero-order valence-corrected chi connectivity index (χ0v) is 22.5. The molecular weight excluding hydrogens is 460 g/mol. The number of hydrogen-bond donors (Lipinski definition) is 3. The van der Waals surface area contributed by atoms with Gasteiger partial charge in [-0.1, -0.05) is 13.8 Å². The van der Waals surface area contributed by atoms with Gasteiger partial charge in [-0.25, -0.2) is 0 Å². The van der Waals surface area contributed by atoms with E-state index < -0.39 is 6.04 Å². The van der Waals surface area contributed by atoms with Gasteiger partial charge in [-0.2, -0.15) is 0 Å². The molecule has 1 aromatic rings. The van der Waals surface area contributed by atoms with Crippen LogP contribution < -0.4 is 5.32 Å². The zero-order chi connectivity index (χ0) is 26.5. The highest BCUT2D eigenvalue weighted by molar-refractivity contribution is 5.97. The van der Waals surface area contributed by atoms with Gasteiger partial charge in [-0.3, -0.25) is 9.59 Å². The van der Waals surface area contributed by atoms with Crippen LogP contribution in [0.2, 0.25) is 0 Å². The van der Waals surface area contributed by atoms with E-state index >= 15 is 0 Å². The highest BCUT2D eigenvalue weighted by atomic mass is 16.6. The van der Waals surface area contributed by atoms with E-state index in [-0.39, 0.29) is 53.2 Å². The molecule has 1 heterocycles. The van der Waals surface area contributed by atoms with Gasteiger partial charge >= 0.3 is 5.97 Å². The first-order valence-electron chi connectivity index (χ1n) is 13.4. The summed E-state index contributed by atoms with van der Waals surface area (Å²) >= 11 is 0. The molecule has 2 aliphatic rings. The maximum Gasteiger partial charge on any atom is 0.325 e. The Balaban J connectivity index is 1.54. The van der Waals surface area contributed by atoms with E-state index in [0.29, 0.717) is 31.1 Å². The van der Waals surface area contributed by atoms with Crippen molar-refractivity contribution < 1.29 is 29.3 Å². The van der Waals surface area contributed by atoms with Crippen LogP contribution in [0.4, 0.5) is 0 Å². The molecular formula is C28H44N2O6. The molecule has 3 N–H and O–H groups in total. The summed E-state index contributed by atoms with van der Waals surface area (Å²) in [6.07, 6.45) is 5.66. The standard InChI is InChI=1S/C28H44N2O6/c1-18(2)21-14-22(25(32)15-24(21)31)26(33)30-12-10-19(11-13-30)16-29-23(17-35-28(3,4)5)27(34)36-20-8-6-7-9-20/h14-15,18-20,23,29,31-32H,6-13,16-17H2,1-5H3/t23-/m0/s1. The van der Waals surface area contributed by atoms with Crippen LogP contribution in [-0.2, 0) is 14.3 Å². The maximum atomic E-state index is 13.1. The first-order valence-corrected chi connectivity index (χ1v) is 13.4. The molecule has 0 unspecified atom stereocenters. The number of amides is 1. The number of carbonyl (C=O) groups excluding carboxylic acids is 2. The number of hydrogen-bond acceptors (Lipinski definition) is 7. The van der Waals surface area contributed by atoms with Crippen LogP contribution in [0, 0.1) is 5.92 Å². The van der Waals surface area contributed by atoms with E-state index in [1.54, 1.807) is 11.0 Å². The Hall–Kier alpha value is -2.32. The van der Waals surface area contributed by atoms with Gasteiger partial charge < -0.3 is 29.9 Å². The van der Waals surface area contributed by atoms with E-state index in [0.717, 1.165) is 38.5 Å². The first-order chi connectivity index (χ1) is 16.9. The number of carbonyl (C=O) groups is 2. The van der Waals surface area contributed by atoms with Gasteiger partial charge in [-0.15, -0.1) is 0 Å². The molecule has 36 heavy (non-hydrogen) atoms. The maximum absolute atomic E-state index is 13.1. The molecule has 1 aromatic carbocycles. The quantitative estimate of drug-likeness (QED) is 0.430. The number of esters is 1. The van der Waals surface area contributed by atoms with Crippen molar-refractivity contribution >= 4 is 11.9 Å². The molecule has 1 amide bonds. The lowest BCUT2D eigenvalue weighted by Gasteiger charge is -2.33. The van der Waals surface area contributed by atoms with Crippen LogP contribution in [0.5, 0.6) is 11.5 Å². The summed E-state index contributed by atoms with van der Waals surface area (Å²) in [5, 5.41) is 23.7. The highest BCUT2D eigenvalue weighted by Gasteiger charge is 2.30. The average Bonchev–Trinajstić information content (AvgIpc) is 3.31. The number of phenolic OH excluding ortho intramolecular Hbond substituents is 2. The predicted octanol–water partition coefficient (Wildman–Crippen LogP) is 4.33. The molecule has 1 saturated carbocycles. The topological polar surface area (TPSA) is 108 Å². The third-order valence-electron chi connectivity index (χ3n) is 7.10. The molecule has 8 nitrogen and oxygen atoms in total. The van der Waals surface area contributed by atoms with Gasteiger partial charge in [0.2, 0.25) is 0 Å². The number of nitrogens with one attached hydrogen (secondary N) is 1. The van der Waals surface area contributed by atoms with Gasteiger partial charge in [0, 0.05) is 19.2 Å². The fourth-order valence-electron chi connectivity index (χ4n) is 4.84. The molecule has 3 rings (SSSR count). The van der Waals surface area contributed by atoms with Gasteiger partial charge in [0.15, 0.2) is 0 Å². The van der Waals surface area contributed by atoms with Crippen molar-refractivity contribution in [1.29, 1.82) is 0 Å². The SMILES string of the molecule is CC(C)c1cc(C(=O)N2CCC(CN[C@@H](COC(C)(C)C)C(=O)OC3CCCC3)CC2)c(O)cc1O. The number of piperidine rings is 1. The second kappa shape index (κ2) is 12.3. The van der Waals surface area contributed by atoms with Crippen molar-refractivity contribution in [1.82, 2.24) is 10.2 Å². The van der Waals surface area contributed by atoms with Crippen molar-refractivity contribution in [3.8, 4) is 11.5 Å². The Kier molecular flexibility index (Phi) is 9.64. The molecule has 8 heteroatoms. The summed E-state index contributed by atoms with van der Waals surface area (Å²) in [6.45, 7) is 11.8. The zero-order valence-electron chi connectivity index (χ0n) is 22.5. The Morgan fingerprint density at radius 3 is 2.28 bits per heavy atom. The molecule has 0 bridgehead atoms. The minimum absolute atomic E-state index is 0.000264. The number of aromatic hydroxyl groups is 2. The second-order valence-corrected chi connectivity index (χ2v) is 11.5. The predicted molar refractivity (Wildman–Crippen MR) is 138 cm³/mol. The van der Waals surface area contributed by atoms with Gasteiger partial charge in [0.25, 0.3) is 5.91 Å². The average molecular weight is 505 g/mol. The van der Waals surface area contributed by atoms with Crippen LogP contribution in [0.3, 0.4) is 0 Å². The third kappa shape index (κ3) is 7.84. The highest BCUT2D eigenvalue weighted by Crippen LogP contribution is 2.33. The van der Waals surface area contributed by atoms with E-state index in [9.17, 15) is 19.8 Å². The molecule has 1 aliphatic carbocycles. The number of nitrogens with zero attached hydrogens (tertiary/aromatic N) is 1. The number of phenols is 2. The normalized spacial score (nSPS) is 18.6. The van der Waals surface area contributed by atoms with Crippen LogP contribution in [0.1, 0.15) is 95.0 Å². The van der Waals surface area contributed by atoms with Gasteiger partial charge in [-0.05, 0) is 89.3 Å². The molecule has 1 saturated heterocycles. The monoisotopic (exact) mass is 504 g/mol. The van der Waals surface area contributed by atoms with E-state index in [4.69, 9.17) is 9.47 Å². The van der Waals surface area contributed by atoms with Crippen LogP contribution in [0.25, 0.3) is 0 Å². The molecule has 202 valence electrons. The van der Waals surface area contributed by atoms with Crippen molar-refractivity contribution in [3.63, 3.8) is 0 Å². The Labute approximate surface area is 215 Å². The number of benzene rings is 1. The Morgan fingerprint density at radius 2 is 1.69 bits per heavy atom. The molecule has 0 spiro atoms. The summed E-state index contributed by atoms with van der Waals surface area (Å²) in [4.78, 5) is 27.7. The molecule has 2 fully saturated rings. The van der Waals surface area contributed by atoms with E-state index in [1.165, 1.54) is 6.07 Å². The summed E-state index contributed by atoms with van der Waals surface area (Å²) < 4.78 is 11.6. The summed E-state index contributed by atoms with van der Waals surface area (Å²) in [5.41, 5.74) is 0.513. The molecule has 0 radical (unpaired) electrons. The number of rotatable bonds is 9. The van der Waals surface area contributed by atoms with Crippen molar-refractivity contribution in [3.05, 3.63) is 23.3 Å². The molecule has 1 aliphatic heterocycles. The van der Waals surface area contributed by atoms with E-state index in [2.05, 4.69) is 5.32 Å². The van der Waals surface area contributed by atoms with Crippen LogP contribution in [0.15, 0.2) is 12.1 Å². The Morgan fingerprint density at radius 1 is 1.06 bits per heavy atom. The minimum atomic E-state index is -0.520.